The van der Waals surface area contributed by atoms with E-state index in [4.69, 9.17) is 14.6 Å². The number of rotatable bonds is 7. The minimum atomic E-state index is -0.815. The third-order valence-electron chi connectivity index (χ3n) is 4.80. The SMILES string of the molecule is COc1ccc(-c2ccc3c(c2)CCC3=O)c(CCCC(=O)O)c1OC. The molecule has 3 rings (SSSR count). The molecule has 1 N–H and O–H groups in total. The average molecular weight is 354 g/mol. The first-order valence-electron chi connectivity index (χ1n) is 8.67. The van der Waals surface area contributed by atoms with Gasteiger partial charge in [-0.2, -0.15) is 0 Å². The number of methoxy groups -OCH3 is 2. The largest absolute Gasteiger partial charge is 0.493 e. The Labute approximate surface area is 152 Å². The molecule has 0 atom stereocenters. The van der Waals surface area contributed by atoms with E-state index < -0.39 is 5.97 Å². The Bertz CT molecular complexity index is 854. The van der Waals surface area contributed by atoms with Crippen molar-refractivity contribution in [2.24, 2.45) is 0 Å². The quantitative estimate of drug-likeness (QED) is 0.816. The molecule has 0 amide bonds. The van der Waals surface area contributed by atoms with Crippen molar-refractivity contribution < 1.29 is 24.2 Å². The van der Waals surface area contributed by atoms with E-state index in [-0.39, 0.29) is 12.2 Å². The molecule has 1 aliphatic carbocycles. The zero-order valence-corrected chi connectivity index (χ0v) is 15.0. The van der Waals surface area contributed by atoms with Crippen LogP contribution in [-0.4, -0.2) is 31.1 Å². The molecule has 0 bridgehead atoms. The van der Waals surface area contributed by atoms with Gasteiger partial charge in [0.05, 0.1) is 14.2 Å². The maximum atomic E-state index is 11.9. The van der Waals surface area contributed by atoms with E-state index in [1.807, 2.05) is 24.3 Å². The van der Waals surface area contributed by atoms with Crippen molar-refractivity contribution >= 4 is 11.8 Å². The summed E-state index contributed by atoms with van der Waals surface area (Å²) >= 11 is 0. The fourth-order valence-corrected chi connectivity index (χ4v) is 3.55. The van der Waals surface area contributed by atoms with E-state index in [2.05, 4.69) is 6.07 Å². The van der Waals surface area contributed by atoms with Gasteiger partial charge < -0.3 is 14.6 Å². The number of ether oxygens (including phenoxy) is 2. The zero-order valence-electron chi connectivity index (χ0n) is 15.0. The van der Waals surface area contributed by atoms with Crippen LogP contribution < -0.4 is 9.47 Å². The van der Waals surface area contributed by atoms with Gasteiger partial charge in [-0.1, -0.05) is 24.3 Å². The van der Waals surface area contributed by atoms with Crippen LogP contribution in [0.15, 0.2) is 30.3 Å². The molecule has 0 fully saturated rings. The molecule has 0 aromatic heterocycles. The molecule has 0 unspecified atom stereocenters. The molecule has 0 aliphatic heterocycles. The molecule has 2 aromatic rings. The van der Waals surface area contributed by atoms with E-state index in [1.54, 1.807) is 14.2 Å². The number of hydrogen-bond donors (Lipinski definition) is 1. The minimum absolute atomic E-state index is 0.0957. The van der Waals surface area contributed by atoms with Crippen molar-refractivity contribution in [2.45, 2.75) is 32.1 Å². The van der Waals surface area contributed by atoms with Gasteiger partial charge in [0.1, 0.15) is 0 Å². The molecule has 0 saturated heterocycles. The maximum absolute atomic E-state index is 11.9. The van der Waals surface area contributed by atoms with Crippen molar-refractivity contribution in [3.63, 3.8) is 0 Å². The van der Waals surface area contributed by atoms with Crippen LogP contribution in [0.5, 0.6) is 11.5 Å². The number of ketones is 1. The average Bonchev–Trinajstić information content (AvgIpc) is 3.01. The van der Waals surface area contributed by atoms with Gasteiger partial charge in [-0.25, -0.2) is 0 Å². The molecule has 26 heavy (non-hydrogen) atoms. The predicted octanol–water partition coefficient (Wildman–Crippen LogP) is 3.91. The summed E-state index contributed by atoms with van der Waals surface area (Å²) in [5.41, 5.74) is 4.79. The summed E-state index contributed by atoms with van der Waals surface area (Å²) in [6, 6.07) is 9.72. The van der Waals surface area contributed by atoms with Gasteiger partial charge in [-0.3, -0.25) is 9.59 Å². The van der Waals surface area contributed by atoms with Crippen molar-refractivity contribution in [3.05, 3.63) is 47.0 Å². The number of carboxylic acid groups (broad SMARTS) is 1. The monoisotopic (exact) mass is 354 g/mol. The van der Waals surface area contributed by atoms with E-state index in [1.165, 1.54) is 0 Å². The molecule has 0 radical (unpaired) electrons. The molecule has 5 nitrogen and oxygen atoms in total. The Kier molecular flexibility index (Phi) is 5.26. The molecule has 0 saturated carbocycles. The van der Waals surface area contributed by atoms with Crippen molar-refractivity contribution in [2.75, 3.05) is 14.2 Å². The maximum Gasteiger partial charge on any atom is 0.303 e. The second kappa shape index (κ2) is 7.60. The lowest BCUT2D eigenvalue weighted by Crippen LogP contribution is -2.02. The lowest BCUT2D eigenvalue weighted by atomic mass is 9.93. The Balaban J connectivity index is 2.05. The van der Waals surface area contributed by atoms with Crippen molar-refractivity contribution in [1.29, 1.82) is 0 Å². The highest BCUT2D eigenvalue weighted by molar-refractivity contribution is 6.01. The third kappa shape index (κ3) is 3.43. The Morgan fingerprint density at radius 2 is 1.85 bits per heavy atom. The number of Topliss-reactive ketones (excluding diaryl/α,β-unsaturated/α-hetero) is 1. The van der Waals surface area contributed by atoms with Crippen LogP contribution in [0.3, 0.4) is 0 Å². The predicted molar refractivity (Wildman–Crippen MR) is 98.2 cm³/mol. The molecular weight excluding hydrogens is 332 g/mol. The second-order valence-electron chi connectivity index (χ2n) is 6.37. The summed E-state index contributed by atoms with van der Waals surface area (Å²) in [7, 11) is 3.17. The van der Waals surface area contributed by atoms with Crippen LogP contribution in [0.1, 0.15) is 40.7 Å². The van der Waals surface area contributed by atoms with Crippen LogP contribution in [0.25, 0.3) is 11.1 Å². The number of carboxylic acids is 1. The van der Waals surface area contributed by atoms with Crippen LogP contribution in [0.2, 0.25) is 0 Å². The van der Waals surface area contributed by atoms with E-state index in [0.717, 1.165) is 34.2 Å². The Morgan fingerprint density at radius 3 is 2.54 bits per heavy atom. The van der Waals surface area contributed by atoms with E-state index in [9.17, 15) is 9.59 Å². The van der Waals surface area contributed by atoms with Crippen LogP contribution in [-0.2, 0) is 17.6 Å². The highest BCUT2D eigenvalue weighted by Gasteiger charge is 2.21. The van der Waals surface area contributed by atoms with E-state index >= 15 is 0 Å². The Hall–Kier alpha value is -2.82. The summed E-state index contributed by atoms with van der Waals surface area (Å²) in [5, 5.41) is 8.95. The molecule has 0 heterocycles. The highest BCUT2D eigenvalue weighted by atomic mass is 16.5. The second-order valence-corrected chi connectivity index (χ2v) is 6.37. The fraction of sp³-hybridized carbons (Fsp3) is 0.333. The molecular formula is C21H22O5. The first-order valence-corrected chi connectivity index (χ1v) is 8.67. The number of fused-ring (bicyclic) bond motifs is 1. The first kappa shape index (κ1) is 18.0. The minimum Gasteiger partial charge on any atom is -0.493 e. The number of carbonyl (C=O) groups is 2. The molecule has 2 aromatic carbocycles. The zero-order chi connectivity index (χ0) is 18.7. The molecule has 5 heteroatoms. The van der Waals surface area contributed by atoms with Gasteiger partial charge in [-0.05, 0) is 42.0 Å². The molecule has 1 aliphatic rings. The number of carbonyl (C=O) groups excluding carboxylic acids is 1. The van der Waals surface area contributed by atoms with E-state index in [0.29, 0.717) is 30.8 Å². The topological polar surface area (TPSA) is 72.8 Å². The van der Waals surface area contributed by atoms with Gasteiger partial charge in [0.2, 0.25) is 0 Å². The summed E-state index contributed by atoms with van der Waals surface area (Å²) < 4.78 is 11.0. The van der Waals surface area contributed by atoms with Gasteiger partial charge in [0, 0.05) is 24.0 Å². The standard InChI is InChI=1S/C21H22O5/c1-25-19-11-9-15(17(21(19)26-2)4-3-5-20(23)24)13-6-8-16-14(12-13)7-10-18(16)22/h6,8-9,11-12H,3-5,7,10H2,1-2H3,(H,23,24). The van der Waals surface area contributed by atoms with Gasteiger partial charge in [0.25, 0.3) is 0 Å². The molecule has 136 valence electrons. The molecule has 0 spiro atoms. The fourth-order valence-electron chi connectivity index (χ4n) is 3.55. The number of aliphatic carboxylic acids is 1. The summed E-state index contributed by atoms with van der Waals surface area (Å²) in [5.74, 6) is 0.634. The Morgan fingerprint density at radius 1 is 1.08 bits per heavy atom. The normalized spacial score (nSPS) is 12.8. The highest BCUT2D eigenvalue weighted by Crippen LogP contribution is 2.40. The third-order valence-corrected chi connectivity index (χ3v) is 4.80. The summed E-state index contributed by atoms with van der Waals surface area (Å²) in [6.07, 6.45) is 2.51. The number of hydrogen-bond acceptors (Lipinski definition) is 4. The van der Waals surface area contributed by atoms with Gasteiger partial charge in [-0.15, -0.1) is 0 Å². The smallest absolute Gasteiger partial charge is 0.303 e. The lowest BCUT2D eigenvalue weighted by molar-refractivity contribution is -0.137. The van der Waals surface area contributed by atoms with Crippen LogP contribution >= 0.6 is 0 Å². The summed E-state index contributed by atoms with van der Waals surface area (Å²) in [6.45, 7) is 0. The van der Waals surface area contributed by atoms with Crippen molar-refractivity contribution in [3.8, 4) is 22.6 Å². The van der Waals surface area contributed by atoms with Crippen LogP contribution in [0.4, 0.5) is 0 Å². The van der Waals surface area contributed by atoms with Crippen LogP contribution in [0, 0.1) is 0 Å². The lowest BCUT2D eigenvalue weighted by Gasteiger charge is -2.17. The number of benzene rings is 2. The van der Waals surface area contributed by atoms with Gasteiger partial charge in [0.15, 0.2) is 17.3 Å². The first-order chi connectivity index (χ1) is 12.5. The van der Waals surface area contributed by atoms with Gasteiger partial charge >= 0.3 is 5.97 Å². The summed E-state index contributed by atoms with van der Waals surface area (Å²) in [4.78, 5) is 22.8. The van der Waals surface area contributed by atoms with Crippen molar-refractivity contribution in [1.82, 2.24) is 0 Å². The number of aryl methyl sites for hydroxylation is 1.